The van der Waals surface area contributed by atoms with E-state index in [1.807, 2.05) is 38.8 Å². The van der Waals surface area contributed by atoms with Gasteiger partial charge in [0.1, 0.15) is 0 Å². The van der Waals surface area contributed by atoms with Gasteiger partial charge in [-0.15, -0.1) is 0 Å². The Balaban J connectivity index is 0. The number of hydrogen-bond acceptors (Lipinski definition) is 3. The highest BCUT2D eigenvalue weighted by molar-refractivity contribution is 7.97. The molecule has 0 bridgehead atoms. The SMILES string of the molecule is CC.CCN(CC)SCCCCOc1ccc(C)cc1F.[I-]. The molecular formula is C17H30FINOS-. The number of ether oxygens (including phenoxy) is 1. The van der Waals surface area contributed by atoms with Crippen LogP contribution in [-0.2, 0) is 0 Å². The van der Waals surface area contributed by atoms with E-state index in [1.54, 1.807) is 6.07 Å². The molecule has 0 fully saturated rings. The fraction of sp³-hybridized carbons (Fsp3) is 0.647. The van der Waals surface area contributed by atoms with E-state index < -0.39 is 0 Å². The Hall–Kier alpha value is -0.0100. The Labute approximate surface area is 157 Å². The summed E-state index contributed by atoms with van der Waals surface area (Å²) < 4.78 is 21.3. The van der Waals surface area contributed by atoms with Crippen LogP contribution in [0.5, 0.6) is 5.75 Å². The zero-order valence-electron chi connectivity index (χ0n) is 14.5. The van der Waals surface area contributed by atoms with Crippen molar-refractivity contribution in [3.05, 3.63) is 29.6 Å². The van der Waals surface area contributed by atoms with E-state index in [4.69, 9.17) is 4.74 Å². The van der Waals surface area contributed by atoms with Gasteiger partial charge >= 0.3 is 0 Å². The molecule has 130 valence electrons. The van der Waals surface area contributed by atoms with Gasteiger partial charge in [0.25, 0.3) is 0 Å². The molecular weight excluding hydrogens is 412 g/mol. The molecule has 0 aliphatic heterocycles. The Morgan fingerprint density at radius 2 is 1.77 bits per heavy atom. The average Bonchev–Trinajstić information content (AvgIpc) is 2.50. The van der Waals surface area contributed by atoms with Crippen LogP contribution in [0.4, 0.5) is 4.39 Å². The lowest BCUT2D eigenvalue weighted by atomic mass is 10.2. The van der Waals surface area contributed by atoms with E-state index in [-0.39, 0.29) is 29.8 Å². The molecule has 0 aromatic heterocycles. The van der Waals surface area contributed by atoms with Gasteiger partial charge < -0.3 is 28.7 Å². The van der Waals surface area contributed by atoms with Crippen molar-refractivity contribution in [2.75, 3.05) is 25.4 Å². The molecule has 0 N–H and O–H groups in total. The van der Waals surface area contributed by atoms with Crippen molar-refractivity contribution in [2.24, 2.45) is 0 Å². The van der Waals surface area contributed by atoms with Crippen LogP contribution in [0, 0.1) is 12.7 Å². The van der Waals surface area contributed by atoms with Crippen molar-refractivity contribution in [2.45, 2.75) is 47.5 Å². The maximum absolute atomic E-state index is 13.5. The molecule has 0 aliphatic rings. The van der Waals surface area contributed by atoms with E-state index in [0.717, 1.165) is 37.2 Å². The third-order valence-corrected chi connectivity index (χ3v) is 4.22. The number of halogens is 2. The summed E-state index contributed by atoms with van der Waals surface area (Å²) in [6.07, 6.45) is 2.05. The number of aryl methyl sites for hydroxylation is 1. The predicted molar refractivity (Wildman–Crippen MR) is 92.6 cm³/mol. The normalized spacial score (nSPS) is 9.77. The molecule has 1 rings (SSSR count). The molecule has 1 aromatic rings. The predicted octanol–water partition coefficient (Wildman–Crippen LogP) is 2.31. The van der Waals surface area contributed by atoms with E-state index >= 15 is 0 Å². The fourth-order valence-corrected chi connectivity index (χ4v) is 2.67. The zero-order chi connectivity index (χ0) is 16.1. The minimum Gasteiger partial charge on any atom is -1.00 e. The highest BCUT2D eigenvalue weighted by atomic mass is 127. The Bertz CT molecular complexity index is 376. The molecule has 0 spiro atoms. The summed E-state index contributed by atoms with van der Waals surface area (Å²) in [5.41, 5.74) is 0.917. The van der Waals surface area contributed by atoms with Crippen molar-refractivity contribution >= 4 is 11.9 Å². The number of hydrogen-bond donors (Lipinski definition) is 0. The molecule has 2 nitrogen and oxygen atoms in total. The lowest BCUT2D eigenvalue weighted by molar-refractivity contribution is -0.00000567. The molecule has 0 unspecified atom stereocenters. The quantitative estimate of drug-likeness (QED) is 0.331. The smallest absolute Gasteiger partial charge is 0.165 e. The zero-order valence-corrected chi connectivity index (χ0v) is 17.5. The first-order chi connectivity index (χ1) is 10.2. The largest absolute Gasteiger partial charge is 1.00 e. The van der Waals surface area contributed by atoms with Gasteiger partial charge in [-0.1, -0.05) is 45.7 Å². The first-order valence-corrected chi connectivity index (χ1v) is 8.88. The van der Waals surface area contributed by atoms with Gasteiger partial charge in [0.15, 0.2) is 11.6 Å². The molecule has 0 atom stereocenters. The first kappa shape index (κ1) is 24.2. The van der Waals surface area contributed by atoms with Crippen molar-refractivity contribution in [1.29, 1.82) is 0 Å². The third kappa shape index (κ3) is 10.7. The minimum absolute atomic E-state index is 0. The summed E-state index contributed by atoms with van der Waals surface area (Å²) in [6.45, 7) is 12.9. The average molecular weight is 442 g/mol. The van der Waals surface area contributed by atoms with Crippen LogP contribution in [0.3, 0.4) is 0 Å². The summed E-state index contributed by atoms with van der Waals surface area (Å²) in [6, 6.07) is 5.08. The van der Waals surface area contributed by atoms with E-state index in [1.165, 1.54) is 6.07 Å². The Morgan fingerprint density at radius 1 is 1.14 bits per heavy atom. The third-order valence-electron chi connectivity index (χ3n) is 2.86. The number of benzene rings is 1. The van der Waals surface area contributed by atoms with Crippen LogP contribution >= 0.6 is 11.9 Å². The maximum atomic E-state index is 13.5. The second-order valence-electron chi connectivity index (χ2n) is 4.44. The number of nitrogens with zero attached hydrogens (tertiary/aromatic N) is 1. The molecule has 0 radical (unpaired) electrons. The Kier molecular flexibility index (Phi) is 17.5. The number of rotatable bonds is 9. The van der Waals surface area contributed by atoms with Gasteiger partial charge in [0.05, 0.1) is 6.61 Å². The lowest BCUT2D eigenvalue weighted by Gasteiger charge is -2.16. The standard InChI is InChI=1S/C15H24FNOS.C2H6.HI/c1-4-17(5-2)19-11-7-6-10-18-15-9-8-13(3)12-14(15)16;1-2;/h8-9,12H,4-7,10-11H2,1-3H3;1-2H3;1H/p-1. The van der Waals surface area contributed by atoms with E-state index in [0.29, 0.717) is 12.4 Å². The second kappa shape index (κ2) is 15.9. The van der Waals surface area contributed by atoms with E-state index in [9.17, 15) is 4.39 Å². The molecule has 0 saturated carbocycles. The van der Waals surface area contributed by atoms with Crippen LogP contribution in [0.25, 0.3) is 0 Å². The summed E-state index contributed by atoms with van der Waals surface area (Å²) in [4.78, 5) is 0. The highest BCUT2D eigenvalue weighted by Gasteiger charge is 2.03. The van der Waals surface area contributed by atoms with E-state index in [2.05, 4.69) is 18.2 Å². The molecule has 5 heteroatoms. The molecule has 1 aromatic carbocycles. The molecule has 0 aliphatic carbocycles. The Morgan fingerprint density at radius 3 is 2.32 bits per heavy atom. The van der Waals surface area contributed by atoms with Gasteiger partial charge in [0.2, 0.25) is 0 Å². The van der Waals surface area contributed by atoms with Gasteiger partial charge in [-0.05, 0) is 37.5 Å². The van der Waals surface area contributed by atoms with Gasteiger partial charge in [-0.2, -0.15) is 0 Å². The first-order valence-electron chi connectivity index (χ1n) is 7.94. The van der Waals surface area contributed by atoms with Crippen LogP contribution in [0.15, 0.2) is 18.2 Å². The monoisotopic (exact) mass is 442 g/mol. The molecule has 0 amide bonds. The fourth-order valence-electron chi connectivity index (χ4n) is 1.71. The van der Waals surface area contributed by atoms with Crippen LogP contribution in [0.1, 0.15) is 46.1 Å². The van der Waals surface area contributed by atoms with Crippen molar-refractivity contribution < 1.29 is 33.1 Å². The van der Waals surface area contributed by atoms with Gasteiger partial charge in [-0.25, -0.2) is 4.39 Å². The molecule has 22 heavy (non-hydrogen) atoms. The van der Waals surface area contributed by atoms with Gasteiger partial charge in [-0.3, -0.25) is 4.31 Å². The van der Waals surface area contributed by atoms with Crippen LogP contribution in [0.2, 0.25) is 0 Å². The van der Waals surface area contributed by atoms with Crippen molar-refractivity contribution in [3.8, 4) is 5.75 Å². The molecule has 0 heterocycles. The topological polar surface area (TPSA) is 12.5 Å². The van der Waals surface area contributed by atoms with Crippen LogP contribution < -0.4 is 28.7 Å². The van der Waals surface area contributed by atoms with Gasteiger partial charge in [0, 0.05) is 18.8 Å². The second-order valence-corrected chi connectivity index (χ2v) is 5.62. The summed E-state index contributed by atoms with van der Waals surface area (Å²) in [5.74, 6) is 1.20. The van der Waals surface area contributed by atoms with Crippen molar-refractivity contribution in [3.63, 3.8) is 0 Å². The number of unbranched alkanes of at least 4 members (excludes halogenated alkanes) is 1. The summed E-state index contributed by atoms with van der Waals surface area (Å²) >= 11 is 1.88. The summed E-state index contributed by atoms with van der Waals surface area (Å²) in [5, 5.41) is 0. The van der Waals surface area contributed by atoms with Crippen LogP contribution in [-0.4, -0.2) is 29.8 Å². The maximum Gasteiger partial charge on any atom is 0.165 e. The lowest BCUT2D eigenvalue weighted by Crippen LogP contribution is -3.00. The molecule has 0 saturated heterocycles. The minimum atomic E-state index is -0.266. The van der Waals surface area contributed by atoms with Crippen molar-refractivity contribution in [1.82, 2.24) is 4.31 Å². The summed E-state index contributed by atoms with van der Waals surface area (Å²) in [7, 11) is 0. The highest BCUT2D eigenvalue weighted by Crippen LogP contribution is 2.18.